The molecule has 6 heteroatoms. The number of amides is 1. The maximum Gasteiger partial charge on any atom is 0.264 e. The van der Waals surface area contributed by atoms with E-state index < -0.39 is 15.9 Å². The van der Waals surface area contributed by atoms with Crippen LogP contribution in [0.1, 0.15) is 25.7 Å². The third-order valence-electron chi connectivity index (χ3n) is 3.54. The summed E-state index contributed by atoms with van der Waals surface area (Å²) < 4.78 is 26.0. The van der Waals surface area contributed by atoms with Gasteiger partial charge in [-0.2, -0.15) is 0 Å². The lowest BCUT2D eigenvalue weighted by atomic mass is 9.93. The molecular formula is C14H20N2O3S. The summed E-state index contributed by atoms with van der Waals surface area (Å²) in [6, 6.07) is 7.95. The normalized spacial score (nSPS) is 16.8. The first kappa shape index (κ1) is 15.0. The van der Waals surface area contributed by atoms with Crippen LogP contribution in [0.3, 0.4) is 0 Å². The van der Waals surface area contributed by atoms with E-state index in [1.165, 1.54) is 12.1 Å². The molecule has 1 amide bonds. The molecule has 1 aliphatic heterocycles. The van der Waals surface area contributed by atoms with Gasteiger partial charge in [-0.1, -0.05) is 18.2 Å². The average Bonchev–Trinajstić information content (AvgIpc) is 2.47. The highest BCUT2D eigenvalue weighted by Gasteiger charge is 2.19. The quantitative estimate of drug-likeness (QED) is 0.858. The Hall–Kier alpha value is -1.40. The van der Waals surface area contributed by atoms with Gasteiger partial charge in [-0.25, -0.2) is 13.1 Å². The molecule has 0 bridgehead atoms. The summed E-state index contributed by atoms with van der Waals surface area (Å²) in [5.74, 6) is 0.0915. The molecule has 0 spiro atoms. The van der Waals surface area contributed by atoms with E-state index in [9.17, 15) is 13.2 Å². The molecule has 0 unspecified atom stereocenters. The maximum absolute atomic E-state index is 12.0. The number of hydrogen-bond acceptors (Lipinski definition) is 4. The van der Waals surface area contributed by atoms with Gasteiger partial charge in [-0.05, 0) is 50.4 Å². The Bertz CT molecular complexity index is 537. The van der Waals surface area contributed by atoms with Crippen LogP contribution in [-0.2, 0) is 14.8 Å². The van der Waals surface area contributed by atoms with E-state index in [0.717, 1.165) is 32.4 Å². The van der Waals surface area contributed by atoms with Gasteiger partial charge in [0.1, 0.15) is 0 Å². The second-order valence-corrected chi connectivity index (χ2v) is 6.76. The predicted molar refractivity (Wildman–Crippen MR) is 76.6 cm³/mol. The van der Waals surface area contributed by atoms with Crippen LogP contribution in [0.25, 0.3) is 0 Å². The molecular weight excluding hydrogens is 276 g/mol. The van der Waals surface area contributed by atoms with Crippen molar-refractivity contribution in [3.8, 4) is 0 Å². The second kappa shape index (κ2) is 6.85. The number of rotatable bonds is 5. The fourth-order valence-corrected chi connectivity index (χ4v) is 3.40. The van der Waals surface area contributed by atoms with E-state index >= 15 is 0 Å². The van der Waals surface area contributed by atoms with Gasteiger partial charge in [0.05, 0.1) is 4.90 Å². The number of benzene rings is 1. The van der Waals surface area contributed by atoms with E-state index in [-0.39, 0.29) is 11.3 Å². The Kier molecular flexibility index (Phi) is 5.14. The largest absolute Gasteiger partial charge is 0.317 e. The van der Waals surface area contributed by atoms with Crippen LogP contribution in [0.15, 0.2) is 35.2 Å². The molecule has 0 aliphatic carbocycles. The van der Waals surface area contributed by atoms with Crippen LogP contribution < -0.4 is 10.0 Å². The lowest BCUT2D eigenvalue weighted by Crippen LogP contribution is -2.32. The highest BCUT2D eigenvalue weighted by atomic mass is 32.2. The van der Waals surface area contributed by atoms with Crippen LogP contribution in [0.5, 0.6) is 0 Å². The molecule has 0 atom stereocenters. The SMILES string of the molecule is O=C(CCC1CCNCC1)NS(=O)(=O)c1ccccc1. The molecule has 1 aliphatic rings. The smallest absolute Gasteiger partial charge is 0.264 e. The topological polar surface area (TPSA) is 75.3 Å². The van der Waals surface area contributed by atoms with E-state index in [2.05, 4.69) is 10.0 Å². The van der Waals surface area contributed by atoms with Gasteiger partial charge < -0.3 is 5.32 Å². The van der Waals surface area contributed by atoms with Crippen molar-refractivity contribution in [3.63, 3.8) is 0 Å². The Morgan fingerprint density at radius 1 is 1.20 bits per heavy atom. The van der Waals surface area contributed by atoms with Gasteiger partial charge in [0.2, 0.25) is 5.91 Å². The van der Waals surface area contributed by atoms with Crippen molar-refractivity contribution >= 4 is 15.9 Å². The first-order valence-electron chi connectivity index (χ1n) is 6.89. The Morgan fingerprint density at radius 3 is 2.50 bits per heavy atom. The lowest BCUT2D eigenvalue weighted by molar-refractivity contribution is -0.119. The minimum atomic E-state index is -3.72. The maximum atomic E-state index is 12.0. The summed E-state index contributed by atoms with van der Waals surface area (Å²) in [5, 5.41) is 3.27. The summed E-state index contributed by atoms with van der Waals surface area (Å²) in [5.41, 5.74) is 0. The molecule has 1 aromatic rings. The van der Waals surface area contributed by atoms with Crippen molar-refractivity contribution in [2.75, 3.05) is 13.1 Å². The molecule has 20 heavy (non-hydrogen) atoms. The standard InChI is InChI=1S/C14H20N2O3S/c17-14(7-6-12-8-10-15-11-9-12)16-20(18,19)13-4-2-1-3-5-13/h1-5,12,15H,6-11H2,(H,16,17). The molecule has 1 aromatic carbocycles. The highest BCUT2D eigenvalue weighted by molar-refractivity contribution is 7.90. The highest BCUT2D eigenvalue weighted by Crippen LogP contribution is 2.17. The van der Waals surface area contributed by atoms with Gasteiger partial charge in [0.25, 0.3) is 10.0 Å². The molecule has 0 radical (unpaired) electrons. The van der Waals surface area contributed by atoms with Gasteiger partial charge >= 0.3 is 0 Å². The Labute approximate surface area is 119 Å². The molecule has 1 fully saturated rings. The lowest BCUT2D eigenvalue weighted by Gasteiger charge is -2.22. The number of carbonyl (C=O) groups is 1. The number of piperidine rings is 1. The van der Waals surface area contributed by atoms with Gasteiger partial charge in [-0.3, -0.25) is 4.79 Å². The van der Waals surface area contributed by atoms with Crippen molar-refractivity contribution in [2.45, 2.75) is 30.6 Å². The van der Waals surface area contributed by atoms with Crippen molar-refractivity contribution in [3.05, 3.63) is 30.3 Å². The molecule has 110 valence electrons. The van der Waals surface area contributed by atoms with E-state index in [0.29, 0.717) is 5.92 Å². The zero-order chi connectivity index (χ0) is 14.4. The van der Waals surface area contributed by atoms with Crippen LogP contribution >= 0.6 is 0 Å². The first-order valence-corrected chi connectivity index (χ1v) is 8.37. The fourth-order valence-electron chi connectivity index (χ4n) is 2.37. The number of carbonyl (C=O) groups excluding carboxylic acids is 1. The van der Waals surface area contributed by atoms with Crippen LogP contribution in [0.2, 0.25) is 0 Å². The van der Waals surface area contributed by atoms with Gasteiger partial charge in [0.15, 0.2) is 0 Å². The zero-order valence-corrected chi connectivity index (χ0v) is 12.2. The van der Waals surface area contributed by atoms with Crippen molar-refractivity contribution < 1.29 is 13.2 Å². The Morgan fingerprint density at radius 2 is 1.85 bits per heavy atom. The second-order valence-electron chi connectivity index (χ2n) is 5.07. The van der Waals surface area contributed by atoms with Crippen molar-refractivity contribution in [1.29, 1.82) is 0 Å². The summed E-state index contributed by atoms with van der Waals surface area (Å²) in [7, 11) is -3.72. The average molecular weight is 296 g/mol. The van der Waals surface area contributed by atoms with Gasteiger partial charge in [0, 0.05) is 6.42 Å². The minimum Gasteiger partial charge on any atom is -0.317 e. The van der Waals surface area contributed by atoms with Gasteiger partial charge in [-0.15, -0.1) is 0 Å². The first-order chi connectivity index (χ1) is 9.58. The van der Waals surface area contributed by atoms with E-state index in [1.54, 1.807) is 18.2 Å². The van der Waals surface area contributed by atoms with E-state index in [4.69, 9.17) is 0 Å². The molecule has 2 rings (SSSR count). The molecule has 0 saturated carbocycles. The van der Waals surface area contributed by atoms with E-state index in [1.807, 2.05) is 0 Å². The van der Waals surface area contributed by atoms with Crippen LogP contribution in [0.4, 0.5) is 0 Å². The zero-order valence-electron chi connectivity index (χ0n) is 11.3. The Balaban J connectivity index is 1.84. The summed E-state index contributed by atoms with van der Waals surface area (Å²) in [6.45, 7) is 1.96. The third-order valence-corrected chi connectivity index (χ3v) is 4.93. The molecule has 0 aromatic heterocycles. The van der Waals surface area contributed by atoms with Crippen molar-refractivity contribution in [1.82, 2.24) is 10.0 Å². The molecule has 1 saturated heterocycles. The number of nitrogens with one attached hydrogen (secondary N) is 2. The monoisotopic (exact) mass is 296 g/mol. The number of sulfonamides is 1. The molecule has 5 nitrogen and oxygen atoms in total. The number of hydrogen-bond donors (Lipinski definition) is 2. The molecule has 1 heterocycles. The fraction of sp³-hybridized carbons (Fsp3) is 0.500. The van der Waals surface area contributed by atoms with Crippen molar-refractivity contribution in [2.24, 2.45) is 5.92 Å². The summed E-state index contributed by atoms with van der Waals surface area (Å²) in [6.07, 6.45) is 3.12. The molecule has 2 N–H and O–H groups in total. The third kappa shape index (κ3) is 4.31. The predicted octanol–water partition coefficient (Wildman–Crippen LogP) is 1.27. The summed E-state index contributed by atoms with van der Waals surface area (Å²) >= 11 is 0. The van der Waals surface area contributed by atoms with Crippen LogP contribution in [-0.4, -0.2) is 27.4 Å². The minimum absolute atomic E-state index is 0.121. The summed E-state index contributed by atoms with van der Waals surface area (Å²) in [4.78, 5) is 11.9. The van der Waals surface area contributed by atoms with Crippen LogP contribution in [0, 0.1) is 5.92 Å².